The van der Waals surface area contributed by atoms with E-state index in [-0.39, 0.29) is 12.5 Å². The van der Waals surface area contributed by atoms with Gasteiger partial charge in [-0.3, -0.25) is 9.69 Å². The number of anilines is 1. The molecule has 0 saturated carbocycles. The fourth-order valence-corrected chi connectivity index (χ4v) is 3.45. The monoisotopic (exact) mass is 376 g/mol. The number of benzene rings is 2. The first kappa shape index (κ1) is 19.9. The van der Waals surface area contributed by atoms with Gasteiger partial charge in [0.2, 0.25) is 5.91 Å². The average Bonchev–Trinajstić information content (AvgIpc) is 2.73. The second kappa shape index (κ2) is 9.91. The zero-order chi connectivity index (χ0) is 19.8. The van der Waals surface area contributed by atoms with E-state index < -0.39 is 0 Å². The van der Waals surface area contributed by atoms with Gasteiger partial charge in [0.05, 0.1) is 18.2 Å². The van der Waals surface area contributed by atoms with Gasteiger partial charge in [0.15, 0.2) is 0 Å². The first-order valence-corrected chi connectivity index (χ1v) is 9.94. The molecule has 0 radical (unpaired) electrons. The summed E-state index contributed by atoms with van der Waals surface area (Å²) in [5.41, 5.74) is 3.90. The summed E-state index contributed by atoms with van der Waals surface area (Å²) < 4.78 is 0. The van der Waals surface area contributed by atoms with Crippen molar-refractivity contribution in [2.24, 2.45) is 5.92 Å². The number of amides is 1. The number of carbonyl (C=O) groups is 1. The quantitative estimate of drug-likeness (QED) is 0.776. The third-order valence-electron chi connectivity index (χ3n) is 5.33. The highest BCUT2D eigenvalue weighted by Crippen LogP contribution is 2.19. The van der Waals surface area contributed by atoms with Crippen LogP contribution in [-0.2, 0) is 17.9 Å². The number of piperidine rings is 1. The fraction of sp³-hybridized carbons (Fsp3) is 0.391. The van der Waals surface area contributed by atoms with Gasteiger partial charge in [0, 0.05) is 18.8 Å². The normalized spacial score (nSPS) is 15.0. The summed E-state index contributed by atoms with van der Waals surface area (Å²) in [6.07, 6.45) is 2.53. The topological polar surface area (TPSA) is 68.2 Å². The molecule has 5 heteroatoms. The van der Waals surface area contributed by atoms with E-state index in [9.17, 15) is 4.79 Å². The van der Waals surface area contributed by atoms with Gasteiger partial charge in [-0.05, 0) is 67.2 Å². The van der Waals surface area contributed by atoms with Crippen LogP contribution in [0.4, 0.5) is 5.69 Å². The Hall–Kier alpha value is -2.84. The highest BCUT2D eigenvalue weighted by atomic mass is 16.1. The number of hydrogen-bond acceptors (Lipinski definition) is 4. The van der Waals surface area contributed by atoms with E-state index in [1.54, 1.807) is 24.3 Å². The SMILES string of the molecule is CC1CCN(Cc2ccccc2CNC(=O)CNc2ccc(C#N)cc2)CC1. The molecule has 28 heavy (non-hydrogen) atoms. The third-order valence-corrected chi connectivity index (χ3v) is 5.33. The molecule has 1 saturated heterocycles. The number of nitriles is 1. The molecule has 0 unspecified atom stereocenters. The lowest BCUT2D eigenvalue weighted by Crippen LogP contribution is -2.33. The van der Waals surface area contributed by atoms with Gasteiger partial charge in [-0.15, -0.1) is 0 Å². The lowest BCUT2D eigenvalue weighted by Gasteiger charge is -2.30. The van der Waals surface area contributed by atoms with E-state index in [0.29, 0.717) is 12.1 Å². The fourth-order valence-electron chi connectivity index (χ4n) is 3.45. The van der Waals surface area contributed by atoms with E-state index in [4.69, 9.17) is 5.26 Å². The summed E-state index contributed by atoms with van der Waals surface area (Å²) in [5.74, 6) is 0.778. The number of rotatable bonds is 7. The van der Waals surface area contributed by atoms with Gasteiger partial charge in [-0.25, -0.2) is 0 Å². The van der Waals surface area contributed by atoms with Crippen molar-refractivity contribution < 1.29 is 4.79 Å². The molecule has 0 aromatic heterocycles. The van der Waals surface area contributed by atoms with Crippen molar-refractivity contribution in [2.75, 3.05) is 25.0 Å². The predicted octanol–water partition coefficient (Wildman–Crippen LogP) is 3.52. The second-order valence-electron chi connectivity index (χ2n) is 7.55. The molecular weight excluding hydrogens is 348 g/mol. The lowest BCUT2D eigenvalue weighted by molar-refractivity contribution is -0.119. The van der Waals surface area contributed by atoms with Crippen LogP contribution in [0.5, 0.6) is 0 Å². The summed E-state index contributed by atoms with van der Waals surface area (Å²) in [6.45, 7) is 6.31. The molecular formula is C23H28N4O. The van der Waals surface area contributed by atoms with Crippen molar-refractivity contribution in [1.82, 2.24) is 10.2 Å². The van der Waals surface area contributed by atoms with Crippen molar-refractivity contribution in [1.29, 1.82) is 5.26 Å². The van der Waals surface area contributed by atoms with Crippen LogP contribution in [-0.4, -0.2) is 30.4 Å². The van der Waals surface area contributed by atoms with Crippen LogP contribution in [0.3, 0.4) is 0 Å². The number of carbonyl (C=O) groups excluding carboxylic acids is 1. The second-order valence-corrected chi connectivity index (χ2v) is 7.55. The number of nitrogens with zero attached hydrogens (tertiary/aromatic N) is 2. The Morgan fingerprint density at radius 1 is 1.11 bits per heavy atom. The Morgan fingerprint density at radius 3 is 2.46 bits per heavy atom. The molecule has 5 nitrogen and oxygen atoms in total. The maximum Gasteiger partial charge on any atom is 0.239 e. The van der Waals surface area contributed by atoms with Gasteiger partial charge in [0.1, 0.15) is 0 Å². The molecule has 0 aliphatic carbocycles. The molecule has 2 N–H and O–H groups in total. The molecule has 1 aliphatic rings. The smallest absolute Gasteiger partial charge is 0.239 e. The van der Waals surface area contributed by atoms with Crippen LogP contribution < -0.4 is 10.6 Å². The zero-order valence-electron chi connectivity index (χ0n) is 16.4. The number of hydrogen-bond donors (Lipinski definition) is 2. The first-order valence-electron chi connectivity index (χ1n) is 9.94. The highest BCUT2D eigenvalue weighted by Gasteiger charge is 2.16. The number of likely N-dealkylation sites (tertiary alicyclic amines) is 1. The van der Waals surface area contributed by atoms with Gasteiger partial charge in [-0.1, -0.05) is 31.2 Å². The maximum atomic E-state index is 12.2. The van der Waals surface area contributed by atoms with Crippen LogP contribution in [0.15, 0.2) is 48.5 Å². The molecule has 0 bridgehead atoms. The third kappa shape index (κ3) is 5.83. The highest BCUT2D eigenvalue weighted by molar-refractivity contribution is 5.80. The van der Waals surface area contributed by atoms with Crippen LogP contribution in [0.25, 0.3) is 0 Å². The van der Waals surface area contributed by atoms with E-state index >= 15 is 0 Å². The predicted molar refractivity (Wildman–Crippen MR) is 112 cm³/mol. The van der Waals surface area contributed by atoms with Crippen molar-refractivity contribution >= 4 is 11.6 Å². The van der Waals surface area contributed by atoms with E-state index in [2.05, 4.69) is 46.7 Å². The molecule has 1 heterocycles. The van der Waals surface area contributed by atoms with Crippen LogP contribution in [0.2, 0.25) is 0 Å². The number of nitrogens with one attached hydrogen (secondary N) is 2. The lowest BCUT2D eigenvalue weighted by atomic mass is 9.98. The molecule has 0 atom stereocenters. The summed E-state index contributed by atoms with van der Waals surface area (Å²) in [5, 5.41) is 14.9. The van der Waals surface area contributed by atoms with Crippen molar-refractivity contribution in [3.63, 3.8) is 0 Å². The zero-order valence-corrected chi connectivity index (χ0v) is 16.4. The summed E-state index contributed by atoms with van der Waals surface area (Å²) in [4.78, 5) is 14.7. The summed E-state index contributed by atoms with van der Waals surface area (Å²) in [7, 11) is 0. The Balaban J connectivity index is 1.48. The maximum absolute atomic E-state index is 12.2. The largest absolute Gasteiger partial charge is 0.376 e. The van der Waals surface area contributed by atoms with Crippen molar-refractivity contribution in [3.05, 3.63) is 65.2 Å². The van der Waals surface area contributed by atoms with Gasteiger partial charge < -0.3 is 10.6 Å². The van der Waals surface area contributed by atoms with E-state index in [1.165, 1.54) is 24.0 Å². The van der Waals surface area contributed by atoms with Crippen molar-refractivity contribution in [3.8, 4) is 6.07 Å². The molecule has 1 amide bonds. The standard InChI is InChI=1S/C23H28N4O/c1-18-10-12-27(13-11-18)17-21-5-3-2-4-20(21)15-26-23(28)16-25-22-8-6-19(14-24)7-9-22/h2-9,18,25H,10-13,15-17H2,1H3,(H,26,28). The Labute approximate surface area is 167 Å². The van der Waals surface area contributed by atoms with E-state index in [1.807, 2.05) is 6.07 Å². The Bertz CT molecular complexity index is 817. The first-order chi connectivity index (χ1) is 13.6. The van der Waals surface area contributed by atoms with Crippen molar-refractivity contribution in [2.45, 2.75) is 32.9 Å². The Morgan fingerprint density at radius 2 is 1.79 bits per heavy atom. The van der Waals surface area contributed by atoms with E-state index in [0.717, 1.165) is 31.2 Å². The molecule has 2 aromatic rings. The average molecular weight is 377 g/mol. The molecule has 146 valence electrons. The Kier molecular flexibility index (Phi) is 7.05. The van der Waals surface area contributed by atoms with Gasteiger partial charge in [0.25, 0.3) is 0 Å². The summed E-state index contributed by atoms with van der Waals surface area (Å²) in [6, 6.07) is 17.5. The molecule has 3 rings (SSSR count). The molecule has 1 fully saturated rings. The van der Waals surface area contributed by atoms with Crippen LogP contribution in [0.1, 0.15) is 36.5 Å². The minimum atomic E-state index is -0.0500. The molecule has 1 aliphatic heterocycles. The van der Waals surface area contributed by atoms with Crippen LogP contribution in [0, 0.1) is 17.2 Å². The van der Waals surface area contributed by atoms with Gasteiger partial charge >= 0.3 is 0 Å². The minimum Gasteiger partial charge on any atom is -0.376 e. The van der Waals surface area contributed by atoms with Crippen LogP contribution >= 0.6 is 0 Å². The minimum absolute atomic E-state index is 0.0500. The summed E-state index contributed by atoms with van der Waals surface area (Å²) >= 11 is 0. The molecule has 2 aromatic carbocycles. The van der Waals surface area contributed by atoms with Gasteiger partial charge in [-0.2, -0.15) is 5.26 Å². The molecule has 0 spiro atoms.